The van der Waals surface area contributed by atoms with E-state index in [0.29, 0.717) is 0 Å². The fourth-order valence-corrected chi connectivity index (χ4v) is 3.57. The Balaban J connectivity index is 2.40. The van der Waals surface area contributed by atoms with Crippen molar-refractivity contribution in [2.75, 3.05) is 24.3 Å². The highest BCUT2D eigenvalue weighted by Gasteiger charge is 2.35. The lowest BCUT2D eigenvalue weighted by Gasteiger charge is -2.20. The summed E-state index contributed by atoms with van der Waals surface area (Å²) < 4.78 is 52.6. The average molecular weight is 412 g/mol. The summed E-state index contributed by atoms with van der Waals surface area (Å²) in [6.45, 7) is -0.132. The minimum absolute atomic E-state index is 0.0104. The first-order chi connectivity index (χ1) is 10.6. The number of halogens is 3. The maximum Gasteiger partial charge on any atom is 0.340 e. The normalized spacial score (nSPS) is 18.3. The van der Waals surface area contributed by atoms with E-state index >= 15 is 0 Å². The third-order valence-corrected chi connectivity index (χ3v) is 4.85. The molecule has 23 heavy (non-hydrogen) atoms. The Morgan fingerprint density at radius 3 is 2.70 bits per heavy atom. The molecule has 1 amide bonds. The summed E-state index contributed by atoms with van der Waals surface area (Å²) in [6, 6.07) is 2.14. The smallest absolute Gasteiger partial charge is 0.340 e. The van der Waals surface area contributed by atoms with E-state index in [1.807, 2.05) is 0 Å². The van der Waals surface area contributed by atoms with Gasteiger partial charge in [0.1, 0.15) is 5.82 Å². The molecule has 1 aromatic carbocycles. The Hall–Kier alpha value is -1.55. The molecule has 0 aromatic heterocycles. The highest BCUT2D eigenvalue weighted by Crippen LogP contribution is 2.33. The van der Waals surface area contributed by atoms with Crippen molar-refractivity contribution in [3.63, 3.8) is 0 Å². The molecule has 0 bridgehead atoms. The molecule has 6 nitrogen and oxygen atoms in total. The first-order valence-electron chi connectivity index (χ1n) is 6.42. The lowest BCUT2D eigenvalue weighted by atomic mass is 10.1. The van der Waals surface area contributed by atoms with Gasteiger partial charge in [-0.05, 0) is 28.1 Å². The zero-order valence-electron chi connectivity index (χ0n) is 11.9. The van der Waals surface area contributed by atoms with Crippen molar-refractivity contribution in [1.29, 1.82) is 0 Å². The lowest BCUT2D eigenvalue weighted by Crippen LogP contribution is -2.27. The predicted molar refractivity (Wildman–Crippen MR) is 80.8 cm³/mol. The van der Waals surface area contributed by atoms with Gasteiger partial charge in [0.2, 0.25) is 5.91 Å². The number of anilines is 1. The number of amides is 1. The van der Waals surface area contributed by atoms with Crippen LogP contribution in [0.3, 0.4) is 0 Å². The van der Waals surface area contributed by atoms with Gasteiger partial charge in [-0.3, -0.25) is 4.79 Å². The molecule has 1 aliphatic rings. The predicted octanol–water partition coefficient (Wildman–Crippen LogP) is 2.03. The Morgan fingerprint density at radius 1 is 1.48 bits per heavy atom. The largest absolute Gasteiger partial charge is 0.465 e. The van der Waals surface area contributed by atoms with Gasteiger partial charge in [-0.2, -0.15) is 8.42 Å². The molecular formula is C13H12BrF2NO5S. The molecule has 1 fully saturated rings. The Morgan fingerprint density at radius 2 is 2.13 bits per heavy atom. The van der Waals surface area contributed by atoms with Crippen LogP contribution >= 0.6 is 15.9 Å². The van der Waals surface area contributed by atoms with Gasteiger partial charge in [-0.15, -0.1) is 3.89 Å². The van der Waals surface area contributed by atoms with Gasteiger partial charge >= 0.3 is 16.2 Å². The molecule has 1 heterocycles. The van der Waals surface area contributed by atoms with Crippen LogP contribution in [0.1, 0.15) is 16.8 Å². The average Bonchev–Trinajstić information content (AvgIpc) is 2.78. The maximum atomic E-state index is 13.8. The molecule has 1 atom stereocenters. The van der Waals surface area contributed by atoms with Crippen LogP contribution in [0.15, 0.2) is 16.6 Å². The summed E-state index contributed by atoms with van der Waals surface area (Å²) in [6.07, 6.45) is -0.207. The highest BCUT2D eigenvalue weighted by atomic mass is 79.9. The summed E-state index contributed by atoms with van der Waals surface area (Å²) >= 11 is 2.94. The first kappa shape index (κ1) is 17.8. The second kappa shape index (κ2) is 6.52. The molecule has 1 aromatic rings. The molecule has 0 radical (unpaired) electrons. The number of carbonyl (C=O) groups is 2. The summed E-state index contributed by atoms with van der Waals surface area (Å²) in [5.74, 6) is -3.58. The van der Waals surface area contributed by atoms with Crippen LogP contribution in [-0.2, 0) is 19.8 Å². The van der Waals surface area contributed by atoms with Gasteiger partial charge < -0.3 is 9.64 Å². The number of methoxy groups -OCH3 is 1. The molecule has 126 valence electrons. The van der Waals surface area contributed by atoms with Gasteiger partial charge in [-0.25, -0.2) is 9.18 Å². The quantitative estimate of drug-likeness (QED) is 0.559. The standard InChI is InChI=1S/C13H12BrF2NO5S/c1-22-13(19)8-3-9(14)10(15)4-11(8)17-5-7(2-12(17)18)6-23(16,20)21/h3-4,7H,2,5-6H2,1H3. The van der Waals surface area contributed by atoms with Crippen molar-refractivity contribution in [1.82, 2.24) is 0 Å². The highest BCUT2D eigenvalue weighted by molar-refractivity contribution is 9.10. The SMILES string of the molecule is COC(=O)c1cc(Br)c(F)cc1N1CC(CS(=O)(=O)F)CC1=O. The molecule has 0 saturated carbocycles. The third kappa shape index (κ3) is 4.05. The lowest BCUT2D eigenvalue weighted by molar-refractivity contribution is -0.117. The second-order valence-electron chi connectivity index (χ2n) is 5.06. The minimum atomic E-state index is -4.73. The molecule has 2 rings (SSSR count). The van der Waals surface area contributed by atoms with Crippen LogP contribution in [0, 0.1) is 11.7 Å². The molecule has 1 unspecified atom stereocenters. The Bertz CT molecular complexity index is 768. The van der Waals surface area contributed by atoms with Crippen LogP contribution < -0.4 is 4.90 Å². The third-order valence-electron chi connectivity index (χ3n) is 3.37. The minimum Gasteiger partial charge on any atom is -0.465 e. The van der Waals surface area contributed by atoms with E-state index < -0.39 is 39.6 Å². The number of hydrogen-bond donors (Lipinski definition) is 0. The maximum absolute atomic E-state index is 13.8. The van der Waals surface area contributed by atoms with E-state index in [0.717, 1.165) is 18.1 Å². The van der Waals surface area contributed by atoms with E-state index in [1.54, 1.807) is 0 Å². The topological polar surface area (TPSA) is 80.8 Å². The number of carbonyl (C=O) groups excluding carboxylic acids is 2. The van der Waals surface area contributed by atoms with Gasteiger partial charge in [0, 0.05) is 18.9 Å². The fourth-order valence-electron chi connectivity index (χ4n) is 2.44. The zero-order valence-corrected chi connectivity index (χ0v) is 14.3. The van der Waals surface area contributed by atoms with E-state index in [1.165, 1.54) is 6.07 Å². The van der Waals surface area contributed by atoms with Gasteiger partial charge in [0.25, 0.3) is 0 Å². The summed E-state index contributed by atoms with van der Waals surface area (Å²) in [4.78, 5) is 24.9. The van der Waals surface area contributed by atoms with Gasteiger partial charge in [0.15, 0.2) is 0 Å². The molecule has 1 aliphatic heterocycles. The second-order valence-corrected chi connectivity index (χ2v) is 7.32. The van der Waals surface area contributed by atoms with E-state index in [2.05, 4.69) is 20.7 Å². The molecule has 10 heteroatoms. The van der Waals surface area contributed by atoms with Gasteiger partial charge in [-0.1, -0.05) is 0 Å². The van der Waals surface area contributed by atoms with E-state index in [-0.39, 0.29) is 28.7 Å². The number of benzene rings is 1. The van der Waals surface area contributed by atoms with Crippen LogP contribution in [-0.4, -0.2) is 39.7 Å². The Kier molecular flexibility index (Phi) is 5.04. The van der Waals surface area contributed by atoms with Crippen molar-refractivity contribution < 1.29 is 31.0 Å². The van der Waals surface area contributed by atoms with Crippen molar-refractivity contribution >= 4 is 43.7 Å². The molecule has 0 N–H and O–H groups in total. The summed E-state index contributed by atoms with van der Waals surface area (Å²) in [5.41, 5.74) is -0.0980. The van der Waals surface area contributed by atoms with Crippen LogP contribution in [0.5, 0.6) is 0 Å². The number of rotatable bonds is 4. The van der Waals surface area contributed by atoms with E-state index in [9.17, 15) is 26.3 Å². The molecule has 0 aliphatic carbocycles. The van der Waals surface area contributed by atoms with E-state index in [4.69, 9.17) is 0 Å². The van der Waals surface area contributed by atoms with Gasteiger partial charge in [0.05, 0.1) is 28.6 Å². The van der Waals surface area contributed by atoms with Crippen molar-refractivity contribution in [3.05, 3.63) is 28.0 Å². The molecule has 1 saturated heterocycles. The number of hydrogen-bond acceptors (Lipinski definition) is 5. The van der Waals surface area contributed by atoms with Crippen molar-refractivity contribution in [3.8, 4) is 0 Å². The number of ether oxygens (including phenoxy) is 1. The molecule has 0 spiro atoms. The van der Waals surface area contributed by atoms with Crippen molar-refractivity contribution in [2.24, 2.45) is 5.92 Å². The zero-order chi connectivity index (χ0) is 17.4. The summed E-state index contributed by atoms with van der Waals surface area (Å²) in [5, 5.41) is 0. The number of esters is 1. The van der Waals surface area contributed by atoms with Crippen LogP contribution in [0.25, 0.3) is 0 Å². The monoisotopic (exact) mass is 411 g/mol. The van der Waals surface area contributed by atoms with Crippen LogP contribution in [0.4, 0.5) is 14.0 Å². The Labute approximate surface area is 139 Å². The molecular weight excluding hydrogens is 400 g/mol. The number of nitrogens with zero attached hydrogens (tertiary/aromatic N) is 1. The van der Waals surface area contributed by atoms with Crippen molar-refractivity contribution in [2.45, 2.75) is 6.42 Å². The first-order valence-corrected chi connectivity index (χ1v) is 8.77. The fraction of sp³-hybridized carbons (Fsp3) is 0.385. The summed E-state index contributed by atoms with van der Waals surface area (Å²) in [7, 11) is -3.60. The van der Waals surface area contributed by atoms with Crippen LogP contribution in [0.2, 0.25) is 0 Å².